The third kappa shape index (κ3) is 1.92. The molecule has 1 rings (SSSR count). The van der Waals surface area contributed by atoms with Gasteiger partial charge in [0.05, 0.1) is 4.91 Å². The Labute approximate surface area is 75.7 Å². The van der Waals surface area contributed by atoms with E-state index < -0.39 is 5.97 Å². The smallest absolute Gasteiger partial charge is 0.341 e. The summed E-state index contributed by atoms with van der Waals surface area (Å²) in [7, 11) is 1.84. The fraction of sp³-hybridized carbons (Fsp3) is 0.125. The van der Waals surface area contributed by atoms with Crippen LogP contribution in [0.25, 0.3) is 6.08 Å². The summed E-state index contributed by atoms with van der Waals surface area (Å²) in [5.41, 5.74) is 0.822. The number of hydrogen-bond donors (Lipinski definition) is 2. The fourth-order valence-corrected chi connectivity index (χ4v) is 0.958. The van der Waals surface area contributed by atoms with Crippen LogP contribution in [0, 0.1) is 0 Å². The van der Waals surface area contributed by atoms with Gasteiger partial charge in [0.25, 0.3) is 0 Å². The number of aromatic nitrogens is 1. The summed E-state index contributed by atoms with van der Waals surface area (Å²) in [6.45, 7) is 0. The van der Waals surface area contributed by atoms with Gasteiger partial charge in [-0.05, 0) is 18.2 Å². The van der Waals surface area contributed by atoms with Crippen molar-refractivity contribution in [3.05, 3.63) is 28.9 Å². The molecule has 64 valence electrons. The third-order valence-corrected chi connectivity index (χ3v) is 1.81. The van der Waals surface area contributed by atoms with Gasteiger partial charge >= 0.3 is 5.97 Å². The van der Waals surface area contributed by atoms with Gasteiger partial charge in [-0.15, -0.1) is 12.6 Å². The quantitative estimate of drug-likeness (QED) is 0.537. The van der Waals surface area contributed by atoms with Crippen LogP contribution in [-0.2, 0) is 11.8 Å². The average molecular weight is 183 g/mol. The Balaban J connectivity index is 2.95. The number of nitrogens with zero attached hydrogens (tertiary/aromatic N) is 1. The molecule has 0 saturated heterocycles. The predicted octanol–water partition coefficient (Wildman–Crippen LogP) is 1.38. The summed E-state index contributed by atoms with van der Waals surface area (Å²) in [5.74, 6) is -1.01. The Hall–Kier alpha value is -1.16. The molecule has 1 aromatic rings. The first-order valence-electron chi connectivity index (χ1n) is 3.36. The number of hydrogen-bond acceptors (Lipinski definition) is 2. The van der Waals surface area contributed by atoms with E-state index in [2.05, 4.69) is 12.6 Å². The van der Waals surface area contributed by atoms with Gasteiger partial charge in [0.15, 0.2) is 0 Å². The second-order valence-electron chi connectivity index (χ2n) is 2.38. The maximum atomic E-state index is 10.4. The molecular weight excluding hydrogens is 174 g/mol. The molecule has 0 radical (unpaired) electrons. The summed E-state index contributed by atoms with van der Waals surface area (Å²) < 4.78 is 1.82. The molecule has 3 nitrogen and oxygen atoms in total. The maximum absolute atomic E-state index is 10.4. The van der Waals surface area contributed by atoms with E-state index in [9.17, 15) is 4.79 Å². The topological polar surface area (TPSA) is 42.2 Å². The van der Waals surface area contributed by atoms with Crippen molar-refractivity contribution in [2.45, 2.75) is 0 Å². The molecule has 0 aliphatic rings. The SMILES string of the molecule is Cn1cccc1C=C(S)C(=O)O. The zero-order valence-electron chi connectivity index (χ0n) is 6.56. The van der Waals surface area contributed by atoms with Crippen molar-refractivity contribution >= 4 is 24.7 Å². The van der Waals surface area contributed by atoms with Crippen LogP contribution >= 0.6 is 12.6 Å². The minimum Gasteiger partial charge on any atom is -0.477 e. The summed E-state index contributed by atoms with van der Waals surface area (Å²) >= 11 is 3.81. The molecule has 0 fully saturated rings. The number of carboxylic acids is 1. The van der Waals surface area contributed by atoms with E-state index in [0.29, 0.717) is 0 Å². The number of carbonyl (C=O) groups is 1. The van der Waals surface area contributed by atoms with Crippen LogP contribution in [0.4, 0.5) is 0 Å². The molecule has 0 spiro atoms. The Morgan fingerprint density at radius 3 is 2.83 bits per heavy atom. The second kappa shape index (κ2) is 3.49. The number of thiol groups is 1. The highest BCUT2D eigenvalue weighted by atomic mass is 32.1. The molecule has 4 heteroatoms. The van der Waals surface area contributed by atoms with Gasteiger partial charge in [0.1, 0.15) is 0 Å². The summed E-state index contributed by atoms with van der Waals surface area (Å²) in [4.78, 5) is 10.4. The van der Waals surface area contributed by atoms with Crippen molar-refractivity contribution in [2.75, 3.05) is 0 Å². The highest BCUT2D eigenvalue weighted by Gasteiger charge is 2.01. The molecule has 0 aliphatic heterocycles. The normalized spacial score (nSPS) is 11.7. The van der Waals surface area contributed by atoms with Crippen molar-refractivity contribution in [1.82, 2.24) is 4.57 Å². The third-order valence-electron chi connectivity index (χ3n) is 1.49. The first-order chi connectivity index (χ1) is 5.61. The second-order valence-corrected chi connectivity index (χ2v) is 2.86. The van der Waals surface area contributed by atoms with Crippen molar-refractivity contribution < 1.29 is 9.90 Å². The molecule has 0 amide bonds. The minimum absolute atomic E-state index is 0.0387. The lowest BCUT2D eigenvalue weighted by Crippen LogP contribution is -1.95. The van der Waals surface area contributed by atoms with E-state index in [1.807, 2.05) is 29.9 Å². The van der Waals surface area contributed by atoms with E-state index >= 15 is 0 Å². The molecule has 1 aromatic heterocycles. The van der Waals surface area contributed by atoms with Crippen molar-refractivity contribution in [3.8, 4) is 0 Å². The van der Waals surface area contributed by atoms with E-state index in [1.165, 1.54) is 6.08 Å². The van der Waals surface area contributed by atoms with Crippen LogP contribution in [0.5, 0.6) is 0 Å². The molecule has 12 heavy (non-hydrogen) atoms. The highest BCUT2D eigenvalue weighted by molar-refractivity contribution is 7.85. The lowest BCUT2D eigenvalue weighted by atomic mass is 10.4. The molecule has 1 heterocycles. The van der Waals surface area contributed by atoms with Gasteiger partial charge < -0.3 is 9.67 Å². The first-order valence-corrected chi connectivity index (χ1v) is 3.81. The van der Waals surface area contributed by atoms with Gasteiger partial charge in [0, 0.05) is 18.9 Å². The molecule has 0 atom stereocenters. The monoisotopic (exact) mass is 183 g/mol. The van der Waals surface area contributed by atoms with Crippen LogP contribution in [0.15, 0.2) is 23.2 Å². The Kier molecular flexibility index (Phi) is 2.60. The van der Waals surface area contributed by atoms with Crippen molar-refractivity contribution in [3.63, 3.8) is 0 Å². The molecule has 0 bridgehead atoms. The molecule has 0 aliphatic carbocycles. The molecular formula is C8H9NO2S. The lowest BCUT2D eigenvalue weighted by Gasteiger charge is -1.96. The summed E-state index contributed by atoms with van der Waals surface area (Å²) in [6, 6.07) is 3.66. The number of aliphatic carboxylic acids is 1. The predicted molar refractivity (Wildman–Crippen MR) is 50.0 cm³/mol. The standard InChI is InChI=1S/C8H9NO2S/c1-9-4-2-3-6(9)5-7(12)8(10)11/h2-5,12H,1H3,(H,10,11). The Morgan fingerprint density at radius 2 is 2.42 bits per heavy atom. The van der Waals surface area contributed by atoms with Crippen LogP contribution in [0.3, 0.4) is 0 Å². The Morgan fingerprint density at radius 1 is 1.75 bits per heavy atom. The highest BCUT2D eigenvalue weighted by Crippen LogP contribution is 2.09. The van der Waals surface area contributed by atoms with Gasteiger partial charge in [-0.25, -0.2) is 4.79 Å². The van der Waals surface area contributed by atoms with Crippen molar-refractivity contribution in [1.29, 1.82) is 0 Å². The molecule has 0 unspecified atom stereocenters. The van der Waals surface area contributed by atoms with E-state index in [1.54, 1.807) is 0 Å². The van der Waals surface area contributed by atoms with E-state index in [0.717, 1.165) is 5.69 Å². The van der Waals surface area contributed by atoms with Gasteiger partial charge in [0.2, 0.25) is 0 Å². The van der Waals surface area contributed by atoms with E-state index in [-0.39, 0.29) is 4.91 Å². The molecule has 0 saturated carbocycles. The van der Waals surface area contributed by atoms with Gasteiger partial charge in [-0.2, -0.15) is 0 Å². The zero-order valence-corrected chi connectivity index (χ0v) is 7.45. The van der Waals surface area contributed by atoms with Gasteiger partial charge in [-0.3, -0.25) is 0 Å². The minimum atomic E-state index is -1.01. The summed E-state index contributed by atoms with van der Waals surface area (Å²) in [5, 5.41) is 8.52. The van der Waals surface area contributed by atoms with Crippen LogP contribution in [0.1, 0.15) is 5.69 Å². The largest absolute Gasteiger partial charge is 0.477 e. The Bertz CT molecular complexity index is 328. The zero-order chi connectivity index (χ0) is 9.14. The average Bonchev–Trinajstić information content (AvgIpc) is 2.36. The van der Waals surface area contributed by atoms with Crippen LogP contribution in [0.2, 0.25) is 0 Å². The molecule has 1 N–H and O–H groups in total. The van der Waals surface area contributed by atoms with Gasteiger partial charge in [-0.1, -0.05) is 0 Å². The fourth-order valence-electron chi connectivity index (χ4n) is 0.826. The van der Waals surface area contributed by atoms with Crippen molar-refractivity contribution in [2.24, 2.45) is 7.05 Å². The first kappa shape index (κ1) is 8.93. The van der Waals surface area contributed by atoms with Crippen LogP contribution < -0.4 is 0 Å². The number of aryl methyl sites for hydroxylation is 1. The lowest BCUT2D eigenvalue weighted by molar-refractivity contribution is -0.131. The van der Waals surface area contributed by atoms with E-state index in [4.69, 9.17) is 5.11 Å². The number of rotatable bonds is 2. The summed E-state index contributed by atoms with van der Waals surface area (Å²) in [6.07, 6.45) is 3.35. The number of carboxylic acid groups (broad SMARTS) is 1. The maximum Gasteiger partial charge on any atom is 0.341 e. The molecule has 0 aromatic carbocycles. The van der Waals surface area contributed by atoms with Crippen LogP contribution in [-0.4, -0.2) is 15.6 Å².